The number of nitriles is 1. The standard InChI is InChI=1S/C14H18BrN3/c1-18(12-3-2-7-17-8-6-12)13-5-4-11(10-16)14(15)9-13/h4-5,9,12,17H,2-3,6-8H2,1H3. The Morgan fingerprint density at radius 1 is 1.39 bits per heavy atom. The van der Waals surface area contributed by atoms with Gasteiger partial charge in [0.05, 0.1) is 5.56 Å². The van der Waals surface area contributed by atoms with Gasteiger partial charge in [-0.3, -0.25) is 0 Å². The molecule has 3 nitrogen and oxygen atoms in total. The minimum absolute atomic E-state index is 0.583. The van der Waals surface area contributed by atoms with E-state index in [0.717, 1.165) is 17.6 Å². The summed E-state index contributed by atoms with van der Waals surface area (Å²) in [5, 5.41) is 12.4. The van der Waals surface area contributed by atoms with E-state index in [-0.39, 0.29) is 0 Å². The highest BCUT2D eigenvalue weighted by atomic mass is 79.9. The van der Waals surface area contributed by atoms with Crippen LogP contribution in [0.5, 0.6) is 0 Å². The molecule has 0 aromatic heterocycles. The highest BCUT2D eigenvalue weighted by Gasteiger charge is 2.17. The van der Waals surface area contributed by atoms with E-state index < -0.39 is 0 Å². The molecule has 1 N–H and O–H groups in total. The van der Waals surface area contributed by atoms with Gasteiger partial charge in [-0.1, -0.05) is 0 Å². The fourth-order valence-electron chi connectivity index (χ4n) is 2.41. The Hall–Kier alpha value is -1.05. The molecule has 0 amide bonds. The van der Waals surface area contributed by atoms with E-state index in [0.29, 0.717) is 11.6 Å². The van der Waals surface area contributed by atoms with E-state index in [2.05, 4.69) is 39.3 Å². The van der Waals surface area contributed by atoms with Crippen LogP contribution in [-0.2, 0) is 0 Å². The monoisotopic (exact) mass is 307 g/mol. The molecule has 0 bridgehead atoms. The van der Waals surface area contributed by atoms with Gasteiger partial charge in [0.2, 0.25) is 0 Å². The molecule has 2 rings (SSSR count). The predicted octanol–water partition coefficient (Wildman–Crippen LogP) is 2.90. The Morgan fingerprint density at radius 2 is 2.22 bits per heavy atom. The van der Waals surface area contributed by atoms with E-state index >= 15 is 0 Å². The highest BCUT2D eigenvalue weighted by Crippen LogP contribution is 2.26. The summed E-state index contributed by atoms with van der Waals surface area (Å²) in [5.41, 5.74) is 1.86. The number of halogens is 1. The summed E-state index contributed by atoms with van der Waals surface area (Å²) in [6.07, 6.45) is 3.63. The second-order valence-corrected chi connectivity index (χ2v) is 5.58. The van der Waals surface area contributed by atoms with Gasteiger partial charge in [0.25, 0.3) is 0 Å². The molecule has 1 aromatic rings. The summed E-state index contributed by atoms with van der Waals surface area (Å²) >= 11 is 3.45. The Morgan fingerprint density at radius 3 is 2.94 bits per heavy atom. The van der Waals surface area contributed by atoms with Gasteiger partial charge in [-0.05, 0) is 66.5 Å². The quantitative estimate of drug-likeness (QED) is 0.913. The molecule has 1 fully saturated rings. The van der Waals surface area contributed by atoms with Crippen molar-refractivity contribution < 1.29 is 0 Å². The van der Waals surface area contributed by atoms with E-state index in [9.17, 15) is 0 Å². The lowest BCUT2D eigenvalue weighted by atomic mass is 10.1. The van der Waals surface area contributed by atoms with Crippen LogP contribution < -0.4 is 10.2 Å². The number of hydrogen-bond donors (Lipinski definition) is 1. The number of anilines is 1. The van der Waals surface area contributed by atoms with Crippen molar-refractivity contribution in [2.75, 3.05) is 25.0 Å². The molecule has 1 heterocycles. The third-order valence-electron chi connectivity index (χ3n) is 3.57. The minimum Gasteiger partial charge on any atom is -0.372 e. The van der Waals surface area contributed by atoms with Crippen molar-refractivity contribution in [2.45, 2.75) is 25.3 Å². The van der Waals surface area contributed by atoms with Crippen molar-refractivity contribution in [3.63, 3.8) is 0 Å². The fourth-order valence-corrected chi connectivity index (χ4v) is 2.87. The third kappa shape index (κ3) is 3.04. The van der Waals surface area contributed by atoms with Crippen molar-refractivity contribution >= 4 is 21.6 Å². The highest BCUT2D eigenvalue weighted by molar-refractivity contribution is 9.10. The molecule has 1 unspecified atom stereocenters. The molecule has 18 heavy (non-hydrogen) atoms. The summed E-state index contributed by atoms with van der Waals surface area (Å²) in [5.74, 6) is 0. The average molecular weight is 308 g/mol. The number of hydrogen-bond acceptors (Lipinski definition) is 3. The van der Waals surface area contributed by atoms with Crippen LogP contribution in [0.4, 0.5) is 5.69 Å². The van der Waals surface area contributed by atoms with Gasteiger partial charge in [-0.25, -0.2) is 0 Å². The molecule has 1 aliphatic heterocycles. The summed E-state index contributed by atoms with van der Waals surface area (Å²) in [6.45, 7) is 2.22. The van der Waals surface area contributed by atoms with Crippen molar-refractivity contribution in [1.82, 2.24) is 5.32 Å². The first-order valence-corrected chi connectivity index (χ1v) is 7.15. The Balaban J connectivity index is 2.15. The van der Waals surface area contributed by atoms with Crippen molar-refractivity contribution in [3.05, 3.63) is 28.2 Å². The number of nitrogens with one attached hydrogen (secondary N) is 1. The molecule has 0 spiro atoms. The first-order valence-electron chi connectivity index (χ1n) is 6.35. The summed E-state index contributed by atoms with van der Waals surface area (Å²) in [7, 11) is 2.14. The Bertz CT molecular complexity index is 445. The Kier molecular flexibility index (Phi) is 4.62. The van der Waals surface area contributed by atoms with E-state index in [4.69, 9.17) is 5.26 Å². The SMILES string of the molecule is CN(c1ccc(C#N)c(Br)c1)C1CCCNCC1. The Labute approximate surface area is 117 Å². The molecule has 1 aromatic carbocycles. The average Bonchev–Trinajstić information content (AvgIpc) is 2.66. The first-order chi connectivity index (χ1) is 8.72. The van der Waals surface area contributed by atoms with Gasteiger partial charge in [0, 0.05) is 23.2 Å². The van der Waals surface area contributed by atoms with Crippen LogP contribution in [0.2, 0.25) is 0 Å². The smallest absolute Gasteiger partial charge is 0.100 e. The van der Waals surface area contributed by atoms with Crippen molar-refractivity contribution in [1.29, 1.82) is 5.26 Å². The van der Waals surface area contributed by atoms with Crippen LogP contribution in [-0.4, -0.2) is 26.2 Å². The van der Waals surface area contributed by atoms with E-state index in [1.54, 1.807) is 0 Å². The maximum atomic E-state index is 8.93. The van der Waals surface area contributed by atoms with Gasteiger partial charge in [0.15, 0.2) is 0 Å². The second kappa shape index (κ2) is 6.21. The summed E-state index contributed by atoms with van der Waals surface area (Å²) < 4.78 is 0.876. The third-order valence-corrected chi connectivity index (χ3v) is 4.23. The van der Waals surface area contributed by atoms with Crippen LogP contribution in [0.15, 0.2) is 22.7 Å². The first kappa shape index (κ1) is 13.4. The molecule has 0 saturated carbocycles. The zero-order chi connectivity index (χ0) is 13.0. The largest absolute Gasteiger partial charge is 0.372 e. The van der Waals surface area contributed by atoms with Gasteiger partial charge in [0.1, 0.15) is 6.07 Å². The zero-order valence-corrected chi connectivity index (χ0v) is 12.2. The minimum atomic E-state index is 0.583. The zero-order valence-electron chi connectivity index (χ0n) is 10.6. The summed E-state index contributed by atoms with van der Waals surface area (Å²) in [4.78, 5) is 2.33. The van der Waals surface area contributed by atoms with Crippen molar-refractivity contribution in [3.8, 4) is 6.07 Å². The van der Waals surface area contributed by atoms with Gasteiger partial charge >= 0.3 is 0 Å². The van der Waals surface area contributed by atoms with Crippen LogP contribution in [0.1, 0.15) is 24.8 Å². The molecule has 96 valence electrons. The number of rotatable bonds is 2. The maximum Gasteiger partial charge on any atom is 0.100 e. The maximum absolute atomic E-state index is 8.93. The number of benzene rings is 1. The molecule has 0 aliphatic carbocycles. The van der Waals surface area contributed by atoms with Gasteiger partial charge in [-0.15, -0.1) is 0 Å². The normalized spacial score (nSPS) is 19.9. The predicted molar refractivity (Wildman–Crippen MR) is 77.8 cm³/mol. The molecule has 4 heteroatoms. The van der Waals surface area contributed by atoms with E-state index in [1.165, 1.54) is 24.9 Å². The van der Waals surface area contributed by atoms with E-state index in [1.807, 2.05) is 18.2 Å². The molecular weight excluding hydrogens is 290 g/mol. The van der Waals surface area contributed by atoms with Crippen molar-refractivity contribution in [2.24, 2.45) is 0 Å². The van der Waals surface area contributed by atoms with Crippen LogP contribution in [0, 0.1) is 11.3 Å². The fraction of sp³-hybridized carbons (Fsp3) is 0.500. The van der Waals surface area contributed by atoms with Crippen LogP contribution in [0.25, 0.3) is 0 Å². The topological polar surface area (TPSA) is 39.1 Å². The lowest BCUT2D eigenvalue weighted by Crippen LogP contribution is -2.32. The molecule has 1 aliphatic rings. The second-order valence-electron chi connectivity index (χ2n) is 4.72. The lowest BCUT2D eigenvalue weighted by molar-refractivity contribution is 0.567. The number of nitrogens with zero attached hydrogens (tertiary/aromatic N) is 2. The summed E-state index contributed by atoms with van der Waals surface area (Å²) in [6, 6.07) is 8.71. The van der Waals surface area contributed by atoms with Crippen LogP contribution in [0.3, 0.4) is 0 Å². The molecule has 1 saturated heterocycles. The lowest BCUT2D eigenvalue weighted by Gasteiger charge is -2.29. The molecule has 0 radical (unpaired) electrons. The van der Waals surface area contributed by atoms with Crippen LogP contribution >= 0.6 is 15.9 Å². The molecular formula is C14H18BrN3. The van der Waals surface area contributed by atoms with Gasteiger partial charge < -0.3 is 10.2 Å². The molecule has 1 atom stereocenters. The van der Waals surface area contributed by atoms with Gasteiger partial charge in [-0.2, -0.15) is 5.26 Å².